The number of hydrogen-bond acceptors (Lipinski definition) is 4. The average Bonchev–Trinajstić information content (AvgIpc) is 2.73. The van der Waals surface area contributed by atoms with Crippen LogP contribution in [0.25, 0.3) is 0 Å². The number of hydrazone groups is 1. The van der Waals surface area contributed by atoms with E-state index in [4.69, 9.17) is 16.3 Å². The van der Waals surface area contributed by atoms with Crippen LogP contribution in [0.4, 0.5) is 5.69 Å². The van der Waals surface area contributed by atoms with Gasteiger partial charge in [0.15, 0.2) is 0 Å². The van der Waals surface area contributed by atoms with Gasteiger partial charge in [0.1, 0.15) is 5.75 Å². The molecule has 0 saturated heterocycles. The Morgan fingerprint density at radius 3 is 2.38 bits per heavy atom. The normalized spacial score (nSPS) is 10.8. The van der Waals surface area contributed by atoms with Crippen LogP contribution in [0.5, 0.6) is 5.75 Å². The number of anilines is 1. The highest BCUT2D eigenvalue weighted by Crippen LogP contribution is 2.23. The number of amides is 2. The maximum atomic E-state index is 12.3. The van der Waals surface area contributed by atoms with E-state index in [1.54, 1.807) is 18.2 Å². The number of para-hydroxylation sites is 1. The Morgan fingerprint density at radius 2 is 1.76 bits per heavy atom. The first-order chi connectivity index (χ1) is 14.0. The molecule has 0 aliphatic carbocycles. The van der Waals surface area contributed by atoms with Crippen LogP contribution < -0.4 is 15.5 Å². The third kappa shape index (κ3) is 6.32. The van der Waals surface area contributed by atoms with Crippen molar-refractivity contribution < 1.29 is 14.3 Å². The molecule has 2 aromatic rings. The van der Waals surface area contributed by atoms with E-state index in [2.05, 4.69) is 15.8 Å². The van der Waals surface area contributed by atoms with E-state index in [0.717, 1.165) is 30.4 Å². The molecule has 2 aromatic carbocycles. The number of benzene rings is 2. The summed E-state index contributed by atoms with van der Waals surface area (Å²) in [5.74, 6) is -1.03. The second-order valence-electron chi connectivity index (χ2n) is 6.34. The lowest BCUT2D eigenvalue weighted by Crippen LogP contribution is -2.33. The van der Waals surface area contributed by atoms with Crippen LogP contribution in [-0.2, 0) is 22.4 Å². The quantitative estimate of drug-likeness (QED) is 0.382. The molecule has 0 fully saturated rings. The van der Waals surface area contributed by atoms with Crippen molar-refractivity contribution in [2.75, 3.05) is 11.9 Å². The summed E-state index contributed by atoms with van der Waals surface area (Å²) in [5.41, 5.74) is 5.50. The van der Waals surface area contributed by atoms with E-state index < -0.39 is 11.8 Å². The van der Waals surface area contributed by atoms with Gasteiger partial charge in [-0.25, -0.2) is 5.43 Å². The number of rotatable bonds is 8. The Labute approximate surface area is 176 Å². The molecule has 0 radical (unpaired) electrons. The first-order valence-electron chi connectivity index (χ1n) is 9.67. The number of carbonyl (C=O) groups excluding carboxylic acids is 2. The SMILES string of the molecule is CCCOc1ccc(Cl)cc1/C=N\NC(=O)C(=O)Nc1c(CC)cccc1CC. The Hall–Kier alpha value is -2.86. The van der Waals surface area contributed by atoms with Crippen molar-refractivity contribution in [2.45, 2.75) is 40.0 Å². The molecule has 0 aliphatic rings. The Kier molecular flexibility index (Phi) is 8.68. The molecule has 0 spiro atoms. The van der Waals surface area contributed by atoms with Gasteiger partial charge in [-0.3, -0.25) is 9.59 Å². The predicted molar refractivity (Wildman–Crippen MR) is 117 cm³/mol. The summed E-state index contributed by atoms with van der Waals surface area (Å²) in [6.07, 6.45) is 3.76. The summed E-state index contributed by atoms with van der Waals surface area (Å²) in [5, 5.41) is 7.10. The van der Waals surface area contributed by atoms with Gasteiger partial charge in [-0.05, 0) is 48.6 Å². The second kappa shape index (κ2) is 11.2. The first kappa shape index (κ1) is 22.4. The van der Waals surface area contributed by atoms with Crippen LogP contribution in [-0.4, -0.2) is 24.6 Å². The van der Waals surface area contributed by atoms with Crippen LogP contribution >= 0.6 is 11.6 Å². The summed E-state index contributed by atoms with van der Waals surface area (Å²) in [6, 6.07) is 10.9. The molecule has 0 aromatic heterocycles. The molecule has 6 nitrogen and oxygen atoms in total. The highest BCUT2D eigenvalue weighted by molar-refractivity contribution is 6.39. The van der Waals surface area contributed by atoms with Crippen LogP contribution in [0.1, 0.15) is 43.9 Å². The molecule has 154 valence electrons. The van der Waals surface area contributed by atoms with E-state index in [1.165, 1.54) is 6.21 Å². The van der Waals surface area contributed by atoms with Gasteiger partial charge < -0.3 is 10.1 Å². The lowest BCUT2D eigenvalue weighted by Gasteiger charge is -2.13. The fraction of sp³-hybridized carbons (Fsp3) is 0.318. The number of halogens is 1. The molecule has 0 saturated carbocycles. The highest BCUT2D eigenvalue weighted by Gasteiger charge is 2.16. The maximum Gasteiger partial charge on any atom is 0.329 e. The minimum absolute atomic E-state index is 0.516. The fourth-order valence-corrected chi connectivity index (χ4v) is 2.93. The number of carbonyl (C=O) groups is 2. The zero-order chi connectivity index (χ0) is 21.2. The van der Waals surface area contributed by atoms with Crippen LogP contribution in [0.3, 0.4) is 0 Å². The van der Waals surface area contributed by atoms with Gasteiger partial charge in [0.2, 0.25) is 0 Å². The molecule has 2 N–H and O–H groups in total. The lowest BCUT2D eigenvalue weighted by molar-refractivity contribution is -0.136. The zero-order valence-corrected chi connectivity index (χ0v) is 17.7. The van der Waals surface area contributed by atoms with E-state index in [0.29, 0.717) is 28.6 Å². The van der Waals surface area contributed by atoms with Crippen molar-refractivity contribution in [1.82, 2.24) is 5.43 Å². The second-order valence-corrected chi connectivity index (χ2v) is 6.78. The summed E-state index contributed by atoms with van der Waals surface area (Å²) >= 11 is 6.02. The molecule has 0 heterocycles. The molecule has 7 heteroatoms. The van der Waals surface area contributed by atoms with Crippen molar-refractivity contribution in [1.29, 1.82) is 0 Å². The van der Waals surface area contributed by atoms with Crippen LogP contribution in [0, 0.1) is 0 Å². The smallest absolute Gasteiger partial charge is 0.329 e. The van der Waals surface area contributed by atoms with Gasteiger partial charge in [-0.2, -0.15) is 5.10 Å². The summed E-state index contributed by atoms with van der Waals surface area (Å²) in [7, 11) is 0. The zero-order valence-electron chi connectivity index (χ0n) is 16.9. The van der Waals surface area contributed by atoms with Crippen molar-refractivity contribution in [3.63, 3.8) is 0 Å². The topological polar surface area (TPSA) is 79.8 Å². The van der Waals surface area contributed by atoms with Gasteiger partial charge in [-0.1, -0.05) is 50.6 Å². The Bertz CT molecular complexity index is 875. The Balaban J connectivity index is 2.06. The molecule has 0 aliphatic heterocycles. The lowest BCUT2D eigenvalue weighted by atomic mass is 10.0. The van der Waals surface area contributed by atoms with Crippen LogP contribution in [0.2, 0.25) is 5.02 Å². The summed E-state index contributed by atoms with van der Waals surface area (Å²) in [6.45, 7) is 6.55. The van der Waals surface area contributed by atoms with E-state index in [1.807, 2.05) is 39.0 Å². The van der Waals surface area contributed by atoms with E-state index in [-0.39, 0.29) is 0 Å². The maximum absolute atomic E-state index is 12.3. The van der Waals surface area contributed by atoms with Gasteiger partial charge in [0, 0.05) is 16.3 Å². The molecular weight excluding hydrogens is 390 g/mol. The Morgan fingerprint density at radius 1 is 1.07 bits per heavy atom. The van der Waals surface area contributed by atoms with Crippen molar-refractivity contribution in [3.8, 4) is 5.75 Å². The van der Waals surface area contributed by atoms with Crippen molar-refractivity contribution in [3.05, 3.63) is 58.1 Å². The van der Waals surface area contributed by atoms with E-state index in [9.17, 15) is 9.59 Å². The number of nitrogens with one attached hydrogen (secondary N) is 2. The monoisotopic (exact) mass is 415 g/mol. The van der Waals surface area contributed by atoms with Gasteiger partial charge in [-0.15, -0.1) is 0 Å². The number of nitrogens with zero attached hydrogens (tertiary/aromatic N) is 1. The average molecular weight is 416 g/mol. The third-order valence-corrected chi connectivity index (χ3v) is 4.48. The molecule has 29 heavy (non-hydrogen) atoms. The first-order valence-corrected chi connectivity index (χ1v) is 10.0. The van der Waals surface area contributed by atoms with Gasteiger partial charge in [0.05, 0.1) is 12.8 Å². The third-order valence-electron chi connectivity index (χ3n) is 4.25. The molecule has 0 unspecified atom stereocenters. The molecule has 2 amide bonds. The fourth-order valence-electron chi connectivity index (χ4n) is 2.75. The number of aryl methyl sites for hydroxylation is 2. The molecule has 0 bridgehead atoms. The predicted octanol–water partition coefficient (Wildman–Crippen LogP) is 4.34. The van der Waals surface area contributed by atoms with Gasteiger partial charge >= 0.3 is 11.8 Å². The van der Waals surface area contributed by atoms with Gasteiger partial charge in [0.25, 0.3) is 0 Å². The molecular formula is C22H26ClN3O3. The van der Waals surface area contributed by atoms with Crippen LogP contribution in [0.15, 0.2) is 41.5 Å². The summed E-state index contributed by atoms with van der Waals surface area (Å²) in [4.78, 5) is 24.5. The molecule has 0 atom stereocenters. The number of ether oxygens (including phenoxy) is 1. The largest absolute Gasteiger partial charge is 0.493 e. The minimum atomic E-state index is -0.854. The molecule has 2 rings (SSSR count). The standard InChI is InChI=1S/C22H26ClN3O3/c1-4-12-29-19-11-10-18(23)13-17(19)14-24-26-22(28)21(27)25-20-15(5-2)8-7-9-16(20)6-3/h7-11,13-14H,4-6,12H2,1-3H3,(H,25,27)(H,26,28)/b24-14-. The minimum Gasteiger partial charge on any atom is -0.493 e. The van der Waals surface area contributed by atoms with E-state index >= 15 is 0 Å². The van der Waals surface area contributed by atoms with Crippen molar-refractivity contribution in [2.24, 2.45) is 5.10 Å². The number of hydrogen-bond donors (Lipinski definition) is 2. The highest BCUT2D eigenvalue weighted by atomic mass is 35.5. The summed E-state index contributed by atoms with van der Waals surface area (Å²) < 4.78 is 5.63. The van der Waals surface area contributed by atoms with Crippen molar-refractivity contribution >= 4 is 35.3 Å².